The van der Waals surface area contributed by atoms with Crippen LogP contribution in [0.25, 0.3) is 0 Å². The lowest BCUT2D eigenvalue weighted by Crippen LogP contribution is -2.55. The summed E-state index contributed by atoms with van der Waals surface area (Å²) in [5.74, 6) is -3.81. The highest BCUT2D eigenvalue weighted by molar-refractivity contribution is 14.1. The molecular weight excluding hydrogens is 472 g/mol. The molecule has 0 unspecified atom stereocenters. The van der Waals surface area contributed by atoms with E-state index >= 15 is 0 Å². The van der Waals surface area contributed by atoms with E-state index in [1.807, 2.05) is 22.6 Å². The summed E-state index contributed by atoms with van der Waals surface area (Å²) in [6.45, 7) is 0.406. The summed E-state index contributed by atoms with van der Waals surface area (Å²) in [6.07, 6.45) is -0.250. The second-order valence-corrected chi connectivity index (χ2v) is 7.57. The summed E-state index contributed by atoms with van der Waals surface area (Å²) in [7, 11) is 1.51. The van der Waals surface area contributed by atoms with Crippen LogP contribution in [-0.2, 0) is 11.2 Å². The van der Waals surface area contributed by atoms with Gasteiger partial charge >= 0.3 is 0 Å². The Morgan fingerprint density at radius 2 is 1.85 bits per heavy atom. The van der Waals surface area contributed by atoms with E-state index in [9.17, 15) is 22.8 Å². The van der Waals surface area contributed by atoms with E-state index in [-0.39, 0.29) is 48.0 Å². The lowest BCUT2D eigenvalue weighted by Gasteiger charge is -2.38. The Labute approximate surface area is 167 Å². The van der Waals surface area contributed by atoms with Crippen LogP contribution in [0.3, 0.4) is 0 Å². The summed E-state index contributed by atoms with van der Waals surface area (Å²) in [4.78, 5) is 25.7. The number of hydrogen-bond donors (Lipinski definition) is 1. The van der Waals surface area contributed by atoms with E-state index in [2.05, 4.69) is 5.32 Å². The van der Waals surface area contributed by atoms with Gasteiger partial charge in [0, 0.05) is 41.3 Å². The van der Waals surface area contributed by atoms with Crippen LogP contribution in [0.2, 0.25) is 0 Å². The Bertz CT molecular complexity index is 914. The average Bonchev–Trinajstić information content (AvgIpc) is 2.59. The van der Waals surface area contributed by atoms with Gasteiger partial charge in [0.1, 0.15) is 5.82 Å². The molecule has 1 saturated heterocycles. The van der Waals surface area contributed by atoms with Crippen molar-refractivity contribution in [2.24, 2.45) is 5.92 Å². The predicted octanol–water partition coefficient (Wildman–Crippen LogP) is 3.12. The van der Waals surface area contributed by atoms with E-state index in [0.29, 0.717) is 3.57 Å². The normalized spacial score (nSPS) is 14.0. The molecule has 1 fully saturated rings. The lowest BCUT2D eigenvalue weighted by molar-refractivity contribution is -0.128. The molecule has 0 aliphatic carbocycles. The molecule has 1 aliphatic rings. The van der Waals surface area contributed by atoms with Gasteiger partial charge in [0.25, 0.3) is 5.91 Å². The van der Waals surface area contributed by atoms with Crippen molar-refractivity contribution in [3.63, 3.8) is 0 Å². The van der Waals surface area contributed by atoms with E-state index in [1.165, 1.54) is 30.1 Å². The number of likely N-dealkylation sites (tertiary alicyclic amines) is 1. The van der Waals surface area contributed by atoms with Crippen molar-refractivity contribution in [2.75, 3.05) is 20.1 Å². The molecule has 3 rings (SSSR count). The average molecular weight is 488 g/mol. The van der Waals surface area contributed by atoms with Crippen molar-refractivity contribution in [2.45, 2.75) is 6.42 Å². The Hall–Kier alpha value is -2.10. The van der Waals surface area contributed by atoms with Crippen LogP contribution in [0.5, 0.6) is 0 Å². The maximum atomic E-state index is 14.4. The standard InChI is InChI=1S/C19H16F3IN2O2/c1-24-18(26)11-8-25(9-11)19(27)13-4-5-15(20)17(22)14(13)6-10-2-3-12(23)7-16(10)21/h2-5,7,11H,6,8-9H2,1H3,(H,24,26). The third-order valence-electron chi connectivity index (χ3n) is 4.59. The topological polar surface area (TPSA) is 49.4 Å². The molecule has 4 nitrogen and oxygen atoms in total. The molecule has 0 bridgehead atoms. The van der Waals surface area contributed by atoms with Crippen molar-refractivity contribution in [3.8, 4) is 0 Å². The molecule has 0 spiro atoms. The number of amides is 2. The lowest BCUT2D eigenvalue weighted by atomic mass is 9.94. The van der Waals surface area contributed by atoms with E-state index < -0.39 is 23.4 Å². The number of halogens is 4. The first-order chi connectivity index (χ1) is 12.8. The molecule has 2 aromatic carbocycles. The van der Waals surface area contributed by atoms with E-state index in [4.69, 9.17) is 0 Å². The fourth-order valence-corrected chi connectivity index (χ4v) is 3.46. The summed E-state index contributed by atoms with van der Waals surface area (Å²) in [5.41, 5.74) is -0.0495. The number of benzene rings is 2. The molecule has 1 heterocycles. The predicted molar refractivity (Wildman–Crippen MR) is 102 cm³/mol. The Kier molecular flexibility index (Phi) is 5.73. The van der Waals surface area contributed by atoms with E-state index in [1.54, 1.807) is 6.07 Å². The minimum atomic E-state index is -1.16. The van der Waals surface area contributed by atoms with Gasteiger partial charge in [-0.3, -0.25) is 9.59 Å². The van der Waals surface area contributed by atoms with Gasteiger partial charge in [-0.2, -0.15) is 0 Å². The summed E-state index contributed by atoms with van der Waals surface area (Å²) >= 11 is 1.95. The first kappa shape index (κ1) is 19.7. The van der Waals surface area contributed by atoms with Gasteiger partial charge in [-0.1, -0.05) is 6.07 Å². The van der Waals surface area contributed by atoms with Crippen LogP contribution in [0.15, 0.2) is 30.3 Å². The first-order valence-corrected chi connectivity index (χ1v) is 9.31. The number of carbonyl (C=O) groups is 2. The van der Waals surface area contributed by atoms with Crippen LogP contribution < -0.4 is 5.32 Å². The molecule has 8 heteroatoms. The monoisotopic (exact) mass is 488 g/mol. The molecule has 1 N–H and O–H groups in total. The van der Waals surface area contributed by atoms with Gasteiger partial charge in [0.2, 0.25) is 5.91 Å². The fraction of sp³-hybridized carbons (Fsp3) is 0.263. The van der Waals surface area contributed by atoms with Gasteiger partial charge in [-0.25, -0.2) is 13.2 Å². The zero-order chi connectivity index (χ0) is 19.7. The highest BCUT2D eigenvalue weighted by Crippen LogP contribution is 2.26. The quantitative estimate of drug-likeness (QED) is 0.673. The van der Waals surface area contributed by atoms with Gasteiger partial charge in [0.05, 0.1) is 5.92 Å². The van der Waals surface area contributed by atoms with Crippen molar-refractivity contribution in [1.82, 2.24) is 10.2 Å². The minimum Gasteiger partial charge on any atom is -0.359 e. The number of rotatable bonds is 4. The SMILES string of the molecule is CNC(=O)C1CN(C(=O)c2ccc(F)c(F)c2Cc2ccc(I)cc2F)C1. The van der Waals surface area contributed by atoms with Crippen LogP contribution in [-0.4, -0.2) is 36.9 Å². The highest BCUT2D eigenvalue weighted by atomic mass is 127. The number of nitrogens with zero attached hydrogens (tertiary/aromatic N) is 1. The first-order valence-electron chi connectivity index (χ1n) is 8.23. The third-order valence-corrected chi connectivity index (χ3v) is 5.27. The smallest absolute Gasteiger partial charge is 0.254 e. The second-order valence-electron chi connectivity index (χ2n) is 6.32. The molecule has 0 saturated carbocycles. The van der Waals surface area contributed by atoms with Gasteiger partial charge < -0.3 is 10.2 Å². The Morgan fingerprint density at radius 3 is 2.48 bits per heavy atom. The maximum Gasteiger partial charge on any atom is 0.254 e. The van der Waals surface area contributed by atoms with Crippen molar-refractivity contribution >= 4 is 34.4 Å². The number of hydrogen-bond acceptors (Lipinski definition) is 2. The minimum absolute atomic E-state index is 0.0257. The zero-order valence-corrected chi connectivity index (χ0v) is 16.5. The third kappa shape index (κ3) is 3.95. The van der Waals surface area contributed by atoms with Crippen molar-refractivity contribution in [3.05, 3.63) is 68.0 Å². The molecular formula is C19H16F3IN2O2. The molecule has 2 amide bonds. The van der Waals surface area contributed by atoms with Crippen LogP contribution in [0.4, 0.5) is 13.2 Å². The molecule has 2 aromatic rings. The summed E-state index contributed by atoms with van der Waals surface area (Å²) < 4.78 is 43.0. The molecule has 0 radical (unpaired) electrons. The van der Waals surface area contributed by atoms with Crippen molar-refractivity contribution < 1.29 is 22.8 Å². The van der Waals surface area contributed by atoms with E-state index in [0.717, 1.165) is 6.07 Å². The van der Waals surface area contributed by atoms with Gasteiger partial charge in [-0.15, -0.1) is 0 Å². The Morgan fingerprint density at radius 1 is 1.15 bits per heavy atom. The van der Waals surface area contributed by atoms with Crippen LogP contribution in [0, 0.1) is 26.9 Å². The molecule has 27 heavy (non-hydrogen) atoms. The molecule has 0 aromatic heterocycles. The Balaban J connectivity index is 1.89. The zero-order valence-electron chi connectivity index (χ0n) is 14.4. The number of carbonyl (C=O) groups excluding carboxylic acids is 2. The maximum absolute atomic E-state index is 14.4. The van der Waals surface area contributed by atoms with Crippen molar-refractivity contribution in [1.29, 1.82) is 0 Å². The fourth-order valence-electron chi connectivity index (χ4n) is 3.01. The van der Waals surface area contributed by atoms with Crippen LogP contribution in [0.1, 0.15) is 21.5 Å². The summed E-state index contributed by atoms with van der Waals surface area (Å²) in [6, 6.07) is 6.51. The molecule has 1 aliphatic heterocycles. The van der Waals surface area contributed by atoms with Gasteiger partial charge in [-0.05, 0) is 52.4 Å². The van der Waals surface area contributed by atoms with Gasteiger partial charge in [0.15, 0.2) is 11.6 Å². The molecule has 142 valence electrons. The second kappa shape index (κ2) is 7.87. The number of nitrogens with one attached hydrogen (secondary N) is 1. The van der Waals surface area contributed by atoms with Crippen LogP contribution >= 0.6 is 22.6 Å². The largest absolute Gasteiger partial charge is 0.359 e. The molecule has 0 atom stereocenters. The highest BCUT2D eigenvalue weighted by Gasteiger charge is 2.36. The summed E-state index contributed by atoms with van der Waals surface area (Å²) in [5, 5.41) is 2.51.